The zero-order valence-electron chi connectivity index (χ0n) is 12.4. The third kappa shape index (κ3) is 2.94. The highest BCUT2D eigenvalue weighted by Gasteiger charge is 2.26. The van der Waals surface area contributed by atoms with Gasteiger partial charge in [-0.1, -0.05) is 0 Å². The van der Waals surface area contributed by atoms with Crippen molar-refractivity contribution >= 4 is 27.4 Å². The number of rotatable bonds is 6. The van der Waals surface area contributed by atoms with Crippen LogP contribution in [-0.4, -0.2) is 34.5 Å². The van der Waals surface area contributed by atoms with Gasteiger partial charge in [0, 0.05) is 19.6 Å². The molecule has 2 aromatic heterocycles. The van der Waals surface area contributed by atoms with Crippen molar-refractivity contribution in [3.8, 4) is 0 Å². The monoisotopic (exact) mass is 290 g/mol. The molecule has 1 fully saturated rings. The molecule has 1 aliphatic rings. The summed E-state index contributed by atoms with van der Waals surface area (Å²) in [5.74, 6) is 2.77. The van der Waals surface area contributed by atoms with Gasteiger partial charge in [-0.3, -0.25) is 4.90 Å². The number of thiophene rings is 1. The van der Waals surface area contributed by atoms with E-state index in [1.807, 2.05) is 7.05 Å². The highest BCUT2D eigenvalue weighted by atomic mass is 32.1. The van der Waals surface area contributed by atoms with Crippen LogP contribution < -0.4 is 5.32 Å². The Bertz CT molecular complexity index is 589. The molecule has 0 amide bonds. The summed E-state index contributed by atoms with van der Waals surface area (Å²) in [5, 5.41) is 6.39. The van der Waals surface area contributed by atoms with Crippen molar-refractivity contribution in [2.24, 2.45) is 5.92 Å². The Labute approximate surface area is 124 Å². The van der Waals surface area contributed by atoms with E-state index in [0.717, 1.165) is 34.3 Å². The average Bonchev–Trinajstić information content (AvgIpc) is 3.12. The molecular formula is C15H22N4S. The van der Waals surface area contributed by atoms with Crippen molar-refractivity contribution in [2.45, 2.75) is 39.3 Å². The maximum absolute atomic E-state index is 4.72. The van der Waals surface area contributed by atoms with Crippen molar-refractivity contribution in [3.05, 3.63) is 17.3 Å². The molecule has 3 rings (SSSR count). The summed E-state index contributed by atoms with van der Waals surface area (Å²) in [4.78, 5) is 13.0. The van der Waals surface area contributed by atoms with E-state index in [0.29, 0.717) is 6.04 Å². The Morgan fingerprint density at radius 1 is 1.40 bits per heavy atom. The van der Waals surface area contributed by atoms with E-state index in [1.54, 1.807) is 11.3 Å². The van der Waals surface area contributed by atoms with E-state index >= 15 is 0 Å². The van der Waals surface area contributed by atoms with Crippen LogP contribution in [0.5, 0.6) is 0 Å². The molecule has 0 saturated heterocycles. The fourth-order valence-electron chi connectivity index (χ4n) is 2.43. The molecule has 0 atom stereocenters. The van der Waals surface area contributed by atoms with E-state index in [4.69, 9.17) is 4.98 Å². The van der Waals surface area contributed by atoms with Crippen molar-refractivity contribution in [1.82, 2.24) is 14.9 Å². The maximum Gasteiger partial charge on any atom is 0.146 e. The normalized spacial score (nSPS) is 15.4. The van der Waals surface area contributed by atoms with Crippen LogP contribution in [-0.2, 0) is 6.54 Å². The van der Waals surface area contributed by atoms with Gasteiger partial charge in [0.15, 0.2) is 0 Å². The Hall–Kier alpha value is -1.20. The summed E-state index contributed by atoms with van der Waals surface area (Å²) in [6.45, 7) is 6.53. The summed E-state index contributed by atoms with van der Waals surface area (Å²) in [6, 6.07) is 2.62. The standard InChI is InChI=1S/C15H22N4S/c1-10(2)19(8-11-4-5-11)9-13-17-14(16-3)12-6-7-20-15(12)18-13/h6-7,10-11H,4-5,8-9H2,1-3H3,(H,16,17,18). The van der Waals surface area contributed by atoms with Gasteiger partial charge in [0.25, 0.3) is 0 Å². The van der Waals surface area contributed by atoms with Crippen LogP contribution in [0.15, 0.2) is 11.4 Å². The molecule has 1 aliphatic carbocycles. The molecule has 0 unspecified atom stereocenters. The number of aromatic nitrogens is 2. The van der Waals surface area contributed by atoms with Crippen molar-refractivity contribution < 1.29 is 0 Å². The predicted molar refractivity (Wildman–Crippen MR) is 85.2 cm³/mol. The van der Waals surface area contributed by atoms with Crippen molar-refractivity contribution in [1.29, 1.82) is 0 Å². The van der Waals surface area contributed by atoms with Gasteiger partial charge in [0.2, 0.25) is 0 Å². The summed E-state index contributed by atoms with van der Waals surface area (Å²) in [7, 11) is 1.92. The van der Waals surface area contributed by atoms with E-state index < -0.39 is 0 Å². The van der Waals surface area contributed by atoms with E-state index in [2.05, 4.69) is 40.5 Å². The zero-order valence-corrected chi connectivity index (χ0v) is 13.2. The van der Waals surface area contributed by atoms with E-state index in [1.165, 1.54) is 19.4 Å². The first-order chi connectivity index (χ1) is 9.67. The summed E-state index contributed by atoms with van der Waals surface area (Å²) in [5.41, 5.74) is 0. The molecule has 4 nitrogen and oxygen atoms in total. The molecular weight excluding hydrogens is 268 g/mol. The molecule has 5 heteroatoms. The van der Waals surface area contributed by atoms with E-state index in [-0.39, 0.29) is 0 Å². The smallest absolute Gasteiger partial charge is 0.146 e. The Kier molecular flexibility index (Phi) is 3.89. The molecule has 1 N–H and O–H groups in total. The van der Waals surface area contributed by atoms with E-state index in [9.17, 15) is 0 Å². The molecule has 0 aliphatic heterocycles. The third-order valence-electron chi connectivity index (χ3n) is 3.87. The Morgan fingerprint density at radius 3 is 2.85 bits per heavy atom. The fraction of sp³-hybridized carbons (Fsp3) is 0.600. The molecule has 0 radical (unpaired) electrons. The van der Waals surface area contributed by atoms with Crippen LogP contribution in [0.1, 0.15) is 32.5 Å². The van der Waals surface area contributed by atoms with Crippen LogP contribution in [0.4, 0.5) is 5.82 Å². The molecule has 1 saturated carbocycles. The second kappa shape index (κ2) is 5.66. The topological polar surface area (TPSA) is 41.1 Å². The quantitative estimate of drug-likeness (QED) is 0.886. The highest BCUT2D eigenvalue weighted by Crippen LogP contribution is 2.31. The van der Waals surface area contributed by atoms with Gasteiger partial charge in [0.1, 0.15) is 16.5 Å². The minimum Gasteiger partial charge on any atom is -0.372 e. The molecule has 0 aromatic carbocycles. The first-order valence-electron chi connectivity index (χ1n) is 7.33. The van der Waals surface area contributed by atoms with Crippen LogP contribution in [0, 0.1) is 5.92 Å². The molecule has 108 valence electrons. The minimum absolute atomic E-state index is 0.538. The number of hydrogen-bond donors (Lipinski definition) is 1. The van der Waals surface area contributed by atoms with Crippen molar-refractivity contribution in [2.75, 3.05) is 18.9 Å². The molecule has 0 bridgehead atoms. The van der Waals surface area contributed by atoms with Gasteiger partial charge in [0.05, 0.1) is 11.9 Å². The van der Waals surface area contributed by atoms with Crippen LogP contribution in [0.2, 0.25) is 0 Å². The lowest BCUT2D eigenvalue weighted by Gasteiger charge is -2.25. The highest BCUT2D eigenvalue weighted by molar-refractivity contribution is 7.16. The van der Waals surface area contributed by atoms with Crippen LogP contribution in [0.25, 0.3) is 10.2 Å². The Balaban J connectivity index is 1.84. The van der Waals surface area contributed by atoms with Gasteiger partial charge in [-0.2, -0.15) is 0 Å². The largest absolute Gasteiger partial charge is 0.372 e. The second-order valence-corrected chi connectivity index (χ2v) is 6.74. The number of nitrogens with one attached hydrogen (secondary N) is 1. The lowest BCUT2D eigenvalue weighted by atomic mass is 10.2. The maximum atomic E-state index is 4.72. The number of nitrogens with zero attached hydrogens (tertiary/aromatic N) is 3. The number of hydrogen-bond acceptors (Lipinski definition) is 5. The Morgan fingerprint density at radius 2 is 2.20 bits per heavy atom. The summed E-state index contributed by atoms with van der Waals surface area (Å²) < 4.78 is 0. The minimum atomic E-state index is 0.538. The van der Waals surface area contributed by atoms with Crippen LogP contribution >= 0.6 is 11.3 Å². The lowest BCUT2D eigenvalue weighted by molar-refractivity contribution is 0.199. The molecule has 0 spiro atoms. The zero-order chi connectivity index (χ0) is 14.1. The summed E-state index contributed by atoms with van der Waals surface area (Å²) >= 11 is 1.68. The van der Waals surface area contributed by atoms with Gasteiger partial charge < -0.3 is 5.32 Å². The average molecular weight is 290 g/mol. The number of anilines is 1. The second-order valence-electron chi connectivity index (χ2n) is 5.84. The molecule has 20 heavy (non-hydrogen) atoms. The van der Waals surface area contributed by atoms with Crippen molar-refractivity contribution in [3.63, 3.8) is 0 Å². The third-order valence-corrected chi connectivity index (χ3v) is 4.68. The fourth-order valence-corrected chi connectivity index (χ4v) is 3.22. The SMILES string of the molecule is CNc1nc(CN(CC2CC2)C(C)C)nc2sccc12. The van der Waals surface area contributed by atoms with Gasteiger partial charge >= 0.3 is 0 Å². The predicted octanol–water partition coefficient (Wildman–Crippen LogP) is 3.35. The number of fused-ring (bicyclic) bond motifs is 1. The first-order valence-corrected chi connectivity index (χ1v) is 8.21. The lowest BCUT2D eigenvalue weighted by Crippen LogP contribution is -2.33. The summed E-state index contributed by atoms with van der Waals surface area (Å²) in [6.07, 6.45) is 2.77. The van der Waals surface area contributed by atoms with Gasteiger partial charge in [-0.05, 0) is 44.1 Å². The molecule has 2 heterocycles. The van der Waals surface area contributed by atoms with Gasteiger partial charge in [-0.25, -0.2) is 9.97 Å². The molecule has 2 aromatic rings. The first kappa shape index (κ1) is 13.8. The van der Waals surface area contributed by atoms with Gasteiger partial charge in [-0.15, -0.1) is 11.3 Å². The van der Waals surface area contributed by atoms with Crippen LogP contribution in [0.3, 0.4) is 0 Å².